The number of hydrogen-bond acceptors (Lipinski definition) is 5. The van der Waals surface area contributed by atoms with E-state index >= 15 is 0 Å². The molecule has 3 aromatic rings. The fourth-order valence-electron chi connectivity index (χ4n) is 5.16. The Labute approximate surface area is 211 Å². The van der Waals surface area contributed by atoms with Crippen molar-refractivity contribution in [1.29, 1.82) is 0 Å². The summed E-state index contributed by atoms with van der Waals surface area (Å²) in [6.45, 7) is 1.98. The zero-order valence-electron chi connectivity index (χ0n) is 19.5. The maximum absolute atomic E-state index is 13.1. The monoisotopic (exact) mass is 504 g/mol. The molecule has 0 spiro atoms. The third kappa shape index (κ3) is 4.43. The Morgan fingerprint density at radius 1 is 1.03 bits per heavy atom. The maximum atomic E-state index is 13.1. The molecule has 1 saturated heterocycles. The minimum atomic E-state index is -3.69. The highest BCUT2D eigenvalue weighted by Gasteiger charge is 2.38. The van der Waals surface area contributed by atoms with Crippen LogP contribution in [-0.4, -0.2) is 26.0 Å². The topological polar surface area (TPSA) is 67.4 Å². The summed E-state index contributed by atoms with van der Waals surface area (Å²) in [5.74, 6) is 3.51. The van der Waals surface area contributed by atoms with E-state index in [1.54, 1.807) is 18.2 Å². The molecule has 2 N–H and O–H groups in total. The van der Waals surface area contributed by atoms with Gasteiger partial charge in [0.1, 0.15) is 11.9 Å². The van der Waals surface area contributed by atoms with Gasteiger partial charge in [0.15, 0.2) is 0 Å². The van der Waals surface area contributed by atoms with E-state index in [0.717, 1.165) is 40.5 Å². The normalized spacial score (nSPS) is 23.1. The molecule has 5 nitrogen and oxygen atoms in total. The lowest BCUT2D eigenvalue weighted by Crippen LogP contribution is -2.31. The maximum Gasteiger partial charge on any atom is 0.261 e. The van der Waals surface area contributed by atoms with Crippen molar-refractivity contribution in [2.45, 2.75) is 36.3 Å². The van der Waals surface area contributed by atoms with Gasteiger partial charge in [-0.05, 0) is 72.9 Å². The van der Waals surface area contributed by atoms with E-state index in [1.807, 2.05) is 49.0 Å². The first kappa shape index (κ1) is 22.6. The lowest BCUT2D eigenvalue weighted by molar-refractivity contribution is 0.240. The van der Waals surface area contributed by atoms with E-state index < -0.39 is 10.0 Å². The second-order valence-electron chi connectivity index (χ2n) is 9.55. The average Bonchev–Trinajstić information content (AvgIpc) is 3.32. The Kier molecular flexibility index (Phi) is 5.77. The van der Waals surface area contributed by atoms with Gasteiger partial charge in [-0.15, -0.1) is 0 Å². The van der Waals surface area contributed by atoms with Gasteiger partial charge in [0, 0.05) is 28.8 Å². The molecule has 0 aromatic heterocycles. The lowest BCUT2D eigenvalue weighted by Gasteiger charge is -2.38. The number of fused-ring (bicyclic) bond motifs is 3. The Morgan fingerprint density at radius 2 is 1.86 bits per heavy atom. The van der Waals surface area contributed by atoms with Crippen LogP contribution in [0.4, 0.5) is 11.4 Å². The van der Waals surface area contributed by atoms with E-state index in [-0.39, 0.29) is 16.9 Å². The molecule has 35 heavy (non-hydrogen) atoms. The Morgan fingerprint density at radius 3 is 2.63 bits per heavy atom. The number of hydrogen-bond donors (Lipinski definition) is 2. The molecular formula is C28H28N2O3S2. The minimum Gasteiger partial charge on any atom is -0.489 e. The van der Waals surface area contributed by atoms with Crippen molar-refractivity contribution in [2.75, 3.05) is 21.5 Å². The molecule has 3 atom stereocenters. The molecule has 0 unspecified atom stereocenters. The first-order valence-electron chi connectivity index (χ1n) is 12.0. The number of rotatable bonds is 6. The van der Waals surface area contributed by atoms with Gasteiger partial charge < -0.3 is 10.1 Å². The third-order valence-electron chi connectivity index (χ3n) is 7.08. The highest BCUT2D eigenvalue weighted by atomic mass is 32.2. The van der Waals surface area contributed by atoms with Crippen molar-refractivity contribution in [3.8, 4) is 5.75 Å². The van der Waals surface area contributed by atoms with E-state index in [1.165, 1.54) is 5.56 Å². The van der Waals surface area contributed by atoms with E-state index in [9.17, 15) is 8.42 Å². The largest absolute Gasteiger partial charge is 0.489 e. The quantitative estimate of drug-likeness (QED) is 0.396. The van der Waals surface area contributed by atoms with Gasteiger partial charge in [-0.1, -0.05) is 42.0 Å². The Bertz CT molecular complexity index is 1380. The molecule has 7 heteroatoms. The van der Waals surface area contributed by atoms with Crippen molar-refractivity contribution in [2.24, 2.45) is 5.92 Å². The standard InChI is InChI=1S/C28H28N2O3S2/c1-18-8-10-20(11-9-18)30-35(31,32)23-12-13-27-26(15-23)24-6-3-7-25(24)28(29-27)19-4-2-5-21(14-19)33-22-16-34-17-22/h2-6,8-15,22,24-25,28-30H,7,16-17H2,1H3/t24-,25+,28+/m0/s1. The molecule has 1 aliphatic carbocycles. The number of benzene rings is 3. The van der Waals surface area contributed by atoms with Gasteiger partial charge >= 0.3 is 0 Å². The van der Waals surface area contributed by atoms with E-state index in [2.05, 4.69) is 40.4 Å². The molecule has 0 amide bonds. The number of aryl methyl sites for hydroxylation is 1. The Balaban J connectivity index is 1.28. The molecule has 2 heterocycles. The molecule has 0 radical (unpaired) electrons. The minimum absolute atomic E-state index is 0.134. The molecule has 0 saturated carbocycles. The van der Waals surface area contributed by atoms with Crippen LogP contribution in [0.2, 0.25) is 0 Å². The zero-order valence-corrected chi connectivity index (χ0v) is 21.1. The summed E-state index contributed by atoms with van der Waals surface area (Å²) in [5, 5.41) is 3.71. The van der Waals surface area contributed by atoms with E-state index in [4.69, 9.17) is 4.74 Å². The summed E-state index contributed by atoms with van der Waals surface area (Å²) in [6.07, 6.45) is 5.71. The number of nitrogens with one attached hydrogen (secondary N) is 2. The molecule has 6 rings (SSSR count). The fraction of sp³-hybridized carbons (Fsp3) is 0.286. The number of thioether (sulfide) groups is 1. The molecule has 0 bridgehead atoms. The van der Waals surface area contributed by atoms with Crippen LogP contribution in [0.25, 0.3) is 0 Å². The third-order valence-corrected chi connectivity index (χ3v) is 9.67. The lowest BCUT2D eigenvalue weighted by atomic mass is 9.77. The Hall–Kier alpha value is -2.90. The SMILES string of the molecule is Cc1ccc(NS(=O)(=O)c2ccc3c(c2)[C@H]2C=CC[C@H]2[C@@H](c2cccc(OC4CSC4)c2)N3)cc1. The van der Waals surface area contributed by atoms with Crippen LogP contribution in [0.15, 0.2) is 83.8 Å². The molecule has 1 fully saturated rings. The van der Waals surface area contributed by atoms with Crippen LogP contribution < -0.4 is 14.8 Å². The van der Waals surface area contributed by atoms with Gasteiger partial charge in [0.05, 0.1) is 10.9 Å². The van der Waals surface area contributed by atoms with Crippen LogP contribution in [0.1, 0.15) is 35.1 Å². The molecule has 3 aromatic carbocycles. The summed E-state index contributed by atoms with van der Waals surface area (Å²) >= 11 is 1.91. The van der Waals surface area contributed by atoms with Crippen molar-refractivity contribution in [3.63, 3.8) is 0 Å². The molecule has 2 aliphatic heterocycles. The predicted octanol–water partition coefficient (Wildman–Crippen LogP) is 6.12. The highest BCUT2D eigenvalue weighted by molar-refractivity contribution is 8.00. The number of allylic oxidation sites excluding steroid dienone is 2. The smallest absolute Gasteiger partial charge is 0.261 e. The molecular weight excluding hydrogens is 476 g/mol. The van der Waals surface area contributed by atoms with Gasteiger partial charge in [0.25, 0.3) is 10.0 Å². The second kappa shape index (κ2) is 8.95. The van der Waals surface area contributed by atoms with Crippen LogP contribution in [-0.2, 0) is 10.0 Å². The van der Waals surface area contributed by atoms with Crippen molar-refractivity contribution >= 4 is 33.2 Å². The first-order chi connectivity index (χ1) is 17.0. The van der Waals surface area contributed by atoms with Gasteiger partial charge in [0.2, 0.25) is 0 Å². The van der Waals surface area contributed by atoms with Crippen LogP contribution in [0.3, 0.4) is 0 Å². The summed E-state index contributed by atoms with van der Waals surface area (Å²) < 4.78 is 35.1. The summed E-state index contributed by atoms with van der Waals surface area (Å²) in [7, 11) is -3.69. The van der Waals surface area contributed by atoms with Crippen LogP contribution in [0, 0.1) is 12.8 Å². The summed E-state index contributed by atoms with van der Waals surface area (Å²) in [6, 6.07) is 21.3. The van der Waals surface area contributed by atoms with E-state index in [0.29, 0.717) is 17.7 Å². The highest BCUT2D eigenvalue weighted by Crippen LogP contribution is 2.50. The van der Waals surface area contributed by atoms with Crippen molar-refractivity contribution < 1.29 is 13.2 Å². The van der Waals surface area contributed by atoms with Crippen molar-refractivity contribution in [3.05, 3.63) is 95.6 Å². The summed E-state index contributed by atoms with van der Waals surface area (Å²) in [4.78, 5) is 0.282. The summed E-state index contributed by atoms with van der Waals surface area (Å²) in [5.41, 5.74) is 4.87. The van der Waals surface area contributed by atoms with Gasteiger partial charge in [-0.2, -0.15) is 11.8 Å². The predicted molar refractivity (Wildman–Crippen MR) is 143 cm³/mol. The average molecular weight is 505 g/mol. The van der Waals surface area contributed by atoms with Crippen molar-refractivity contribution in [1.82, 2.24) is 0 Å². The fourth-order valence-corrected chi connectivity index (χ4v) is 6.82. The molecule has 3 aliphatic rings. The van der Waals surface area contributed by atoms with Crippen LogP contribution in [0.5, 0.6) is 5.75 Å². The second-order valence-corrected chi connectivity index (χ2v) is 12.3. The number of sulfonamides is 1. The molecule has 180 valence electrons. The van der Waals surface area contributed by atoms with Crippen LogP contribution >= 0.6 is 11.8 Å². The zero-order chi connectivity index (χ0) is 24.0. The van der Waals surface area contributed by atoms with Gasteiger partial charge in [-0.3, -0.25) is 4.72 Å². The first-order valence-corrected chi connectivity index (χ1v) is 14.6. The van der Waals surface area contributed by atoms with Gasteiger partial charge in [-0.25, -0.2) is 8.42 Å². The number of anilines is 2. The number of ether oxygens (including phenoxy) is 1.